The average molecular weight is 372 g/mol. The van der Waals surface area contributed by atoms with Crippen molar-refractivity contribution >= 4 is 46.9 Å². The third-order valence-electron chi connectivity index (χ3n) is 2.89. The number of carboxylic acid groups (broad SMARTS) is 2. The average Bonchev–Trinajstić information content (AvgIpc) is 2.47. The Balaban J connectivity index is 2.47. The third-order valence-corrected chi connectivity index (χ3v) is 3.46. The lowest BCUT2D eigenvalue weighted by Crippen LogP contribution is -2.52. The quantitative estimate of drug-likeness (QED) is 0.566. The normalized spacial score (nSPS) is 18.0. The van der Waals surface area contributed by atoms with Crippen molar-refractivity contribution in [2.24, 2.45) is 21.5 Å². The number of hydrogen-bond donors (Lipinski definition) is 4. The summed E-state index contributed by atoms with van der Waals surface area (Å²) in [5, 5.41) is 18.6. The molecular weight excluding hydrogens is 361 g/mol. The first-order chi connectivity index (χ1) is 11.2. The van der Waals surface area contributed by atoms with Gasteiger partial charge in [0.25, 0.3) is 0 Å². The van der Waals surface area contributed by atoms with Crippen molar-refractivity contribution in [3.63, 3.8) is 0 Å². The van der Waals surface area contributed by atoms with E-state index in [1.54, 1.807) is 6.07 Å². The molecule has 1 unspecified atom stereocenters. The molecule has 1 atom stereocenters. The summed E-state index contributed by atoms with van der Waals surface area (Å²) < 4.78 is 0. The Morgan fingerprint density at radius 2 is 1.96 bits per heavy atom. The Kier molecular flexibility index (Phi) is 5.07. The van der Waals surface area contributed by atoms with Crippen LogP contribution in [0.3, 0.4) is 0 Å². The van der Waals surface area contributed by atoms with Gasteiger partial charge < -0.3 is 15.9 Å². The van der Waals surface area contributed by atoms with Crippen molar-refractivity contribution in [3.8, 4) is 0 Å². The van der Waals surface area contributed by atoms with Crippen LogP contribution in [0.5, 0.6) is 0 Å². The monoisotopic (exact) mass is 371 g/mol. The van der Waals surface area contributed by atoms with Crippen molar-refractivity contribution in [1.29, 1.82) is 0 Å². The molecule has 0 aromatic heterocycles. The topological polar surface area (TPSA) is 155 Å². The van der Waals surface area contributed by atoms with E-state index in [4.69, 9.17) is 44.9 Å². The summed E-state index contributed by atoms with van der Waals surface area (Å²) in [7, 11) is 0. The number of halogens is 2. The van der Waals surface area contributed by atoms with Gasteiger partial charge in [-0.2, -0.15) is 4.99 Å². The highest BCUT2D eigenvalue weighted by molar-refractivity contribution is 6.36. The molecular formula is C13H11Cl2N5O4. The zero-order valence-corrected chi connectivity index (χ0v) is 13.4. The second kappa shape index (κ2) is 6.87. The molecule has 0 fully saturated rings. The van der Waals surface area contributed by atoms with Gasteiger partial charge in [0, 0.05) is 10.6 Å². The number of carboxylic acids is 2. The van der Waals surface area contributed by atoms with Gasteiger partial charge >= 0.3 is 11.9 Å². The highest BCUT2D eigenvalue weighted by Crippen LogP contribution is 2.24. The van der Waals surface area contributed by atoms with E-state index in [9.17, 15) is 9.59 Å². The van der Waals surface area contributed by atoms with Crippen molar-refractivity contribution in [2.45, 2.75) is 6.29 Å². The number of carbonyl (C=O) groups is 2. The maximum Gasteiger partial charge on any atom is 0.352 e. The molecule has 6 N–H and O–H groups in total. The molecule has 2 rings (SSSR count). The zero-order chi connectivity index (χ0) is 18.0. The van der Waals surface area contributed by atoms with Crippen molar-refractivity contribution in [1.82, 2.24) is 4.90 Å². The van der Waals surface area contributed by atoms with E-state index in [2.05, 4.69) is 9.98 Å². The van der Waals surface area contributed by atoms with E-state index in [-0.39, 0.29) is 16.8 Å². The van der Waals surface area contributed by atoms with Crippen LogP contribution in [0.1, 0.15) is 5.56 Å². The molecule has 0 bridgehead atoms. The lowest BCUT2D eigenvalue weighted by atomic mass is 10.2. The number of hydrogen-bond acceptors (Lipinski definition) is 7. The van der Waals surface area contributed by atoms with E-state index in [1.807, 2.05) is 0 Å². The first-order valence-electron chi connectivity index (χ1n) is 6.31. The Morgan fingerprint density at radius 3 is 2.50 bits per heavy atom. The molecule has 0 spiro atoms. The SMILES string of the molecule is NC1=NC(c2cc(Cl)ccc2Cl)=NC(N)N1/C(=C\C(=O)O)C(=O)O. The number of rotatable bonds is 4. The van der Waals surface area contributed by atoms with Crippen LogP contribution in [0.15, 0.2) is 40.0 Å². The fourth-order valence-corrected chi connectivity index (χ4v) is 2.30. The van der Waals surface area contributed by atoms with Gasteiger partial charge in [-0.1, -0.05) is 23.2 Å². The molecule has 11 heteroatoms. The summed E-state index contributed by atoms with van der Waals surface area (Å²) in [4.78, 5) is 30.8. The van der Waals surface area contributed by atoms with Crippen LogP contribution in [0.2, 0.25) is 10.0 Å². The van der Waals surface area contributed by atoms with Crippen LogP contribution in [0, 0.1) is 0 Å². The van der Waals surface area contributed by atoms with Crippen LogP contribution < -0.4 is 11.5 Å². The zero-order valence-electron chi connectivity index (χ0n) is 11.8. The number of aliphatic carboxylic acids is 2. The molecule has 24 heavy (non-hydrogen) atoms. The minimum atomic E-state index is -1.55. The summed E-state index contributed by atoms with van der Waals surface area (Å²) >= 11 is 12.0. The third kappa shape index (κ3) is 3.65. The molecule has 1 aromatic carbocycles. The molecule has 1 heterocycles. The van der Waals surface area contributed by atoms with E-state index in [0.717, 1.165) is 4.90 Å². The van der Waals surface area contributed by atoms with Gasteiger partial charge in [-0.25, -0.2) is 14.6 Å². The molecule has 0 aliphatic carbocycles. The highest BCUT2D eigenvalue weighted by Gasteiger charge is 2.30. The number of benzene rings is 1. The van der Waals surface area contributed by atoms with E-state index in [1.165, 1.54) is 12.1 Å². The summed E-state index contributed by atoms with van der Waals surface area (Å²) in [6, 6.07) is 4.58. The van der Waals surface area contributed by atoms with Crippen LogP contribution in [0.25, 0.3) is 0 Å². The molecule has 1 aromatic rings. The van der Waals surface area contributed by atoms with Gasteiger partial charge in [0.1, 0.15) is 5.70 Å². The Morgan fingerprint density at radius 1 is 1.29 bits per heavy atom. The fourth-order valence-electron chi connectivity index (χ4n) is 1.93. The molecule has 0 amide bonds. The first-order valence-corrected chi connectivity index (χ1v) is 7.06. The molecule has 1 aliphatic heterocycles. The lowest BCUT2D eigenvalue weighted by Gasteiger charge is -2.30. The number of aliphatic imine (C=N–C) groups is 2. The second-order valence-corrected chi connectivity index (χ2v) is 5.35. The van der Waals surface area contributed by atoms with Crippen LogP contribution >= 0.6 is 23.2 Å². The van der Waals surface area contributed by atoms with Crippen LogP contribution in [-0.4, -0.2) is 45.1 Å². The molecule has 1 aliphatic rings. The van der Waals surface area contributed by atoms with Gasteiger partial charge in [0.05, 0.1) is 11.1 Å². The standard InChI is InChI=1S/C13H11Cl2N5O4/c14-5-1-2-7(15)6(3-5)10-18-12(16)20(13(17)19-10)8(11(23)24)4-9(21)22/h1-4,12H,16H2,(H,21,22)(H,23,24)(H2,17,18,19)/b8-4-. The molecule has 0 saturated heterocycles. The van der Waals surface area contributed by atoms with Gasteiger partial charge in [0.2, 0.25) is 5.96 Å². The Labute approximate surface area is 145 Å². The minimum Gasteiger partial charge on any atom is -0.478 e. The summed E-state index contributed by atoms with van der Waals surface area (Å²) in [6.45, 7) is 0. The summed E-state index contributed by atoms with van der Waals surface area (Å²) in [5.41, 5.74) is 11.2. The molecule has 9 nitrogen and oxygen atoms in total. The number of guanidine groups is 1. The maximum atomic E-state index is 11.2. The van der Waals surface area contributed by atoms with Gasteiger partial charge in [-0.15, -0.1) is 0 Å². The molecule has 0 saturated carbocycles. The predicted octanol–water partition coefficient (Wildman–Crippen LogP) is 0.666. The number of nitrogens with two attached hydrogens (primary N) is 2. The molecule has 0 radical (unpaired) electrons. The lowest BCUT2D eigenvalue weighted by molar-refractivity contribution is -0.136. The fraction of sp³-hybridized carbons (Fsp3) is 0.0769. The maximum absolute atomic E-state index is 11.2. The minimum absolute atomic E-state index is 0.0452. The van der Waals surface area contributed by atoms with Crippen molar-refractivity contribution in [2.75, 3.05) is 0 Å². The van der Waals surface area contributed by atoms with Crippen molar-refractivity contribution < 1.29 is 19.8 Å². The first kappa shape index (κ1) is 17.7. The molecule has 126 valence electrons. The summed E-state index contributed by atoms with van der Waals surface area (Å²) in [6.07, 6.45) is -0.869. The largest absolute Gasteiger partial charge is 0.478 e. The second-order valence-electron chi connectivity index (χ2n) is 4.50. The smallest absolute Gasteiger partial charge is 0.352 e. The summed E-state index contributed by atoms with van der Waals surface area (Å²) in [5.74, 6) is -3.34. The van der Waals surface area contributed by atoms with Crippen molar-refractivity contribution in [3.05, 3.63) is 45.6 Å². The number of nitrogens with zero attached hydrogens (tertiary/aromatic N) is 3. The van der Waals surface area contributed by atoms with Gasteiger partial charge in [-0.3, -0.25) is 10.6 Å². The van der Waals surface area contributed by atoms with E-state index in [0.29, 0.717) is 16.7 Å². The predicted molar refractivity (Wildman–Crippen MR) is 87.8 cm³/mol. The Bertz CT molecular complexity index is 806. The van der Waals surface area contributed by atoms with E-state index >= 15 is 0 Å². The van der Waals surface area contributed by atoms with Crippen LogP contribution in [-0.2, 0) is 9.59 Å². The highest BCUT2D eigenvalue weighted by atomic mass is 35.5. The number of amidine groups is 1. The van der Waals surface area contributed by atoms with E-state index < -0.39 is 23.9 Å². The van der Waals surface area contributed by atoms with Crippen LogP contribution in [0.4, 0.5) is 0 Å². The van der Waals surface area contributed by atoms with Gasteiger partial charge in [0.15, 0.2) is 12.1 Å². The van der Waals surface area contributed by atoms with Gasteiger partial charge in [-0.05, 0) is 18.2 Å². The Hall–Kier alpha value is -2.62.